The number of fused-ring (bicyclic) bond motifs is 1. The minimum absolute atomic E-state index is 0.0311. The zero-order valence-corrected chi connectivity index (χ0v) is 11.0. The number of nitrogens with zero attached hydrogens (tertiary/aromatic N) is 1. The highest BCUT2D eigenvalue weighted by Crippen LogP contribution is 2.20. The van der Waals surface area contributed by atoms with Gasteiger partial charge < -0.3 is 15.7 Å². The molecule has 0 fully saturated rings. The molecule has 1 unspecified atom stereocenters. The quantitative estimate of drug-likeness (QED) is 0.717. The second-order valence-corrected chi connectivity index (χ2v) is 4.39. The Morgan fingerprint density at radius 2 is 2.05 bits per heavy atom. The molecular formula is C14H15N3O3. The maximum Gasteiger partial charge on any atom is 0.313 e. The van der Waals surface area contributed by atoms with E-state index in [4.69, 9.17) is 5.11 Å². The summed E-state index contributed by atoms with van der Waals surface area (Å²) in [5.74, 6) is -1.56. The molecule has 20 heavy (non-hydrogen) atoms. The summed E-state index contributed by atoms with van der Waals surface area (Å²) in [6.07, 6.45) is 0.956. The van der Waals surface area contributed by atoms with Gasteiger partial charge in [0.15, 0.2) is 0 Å². The van der Waals surface area contributed by atoms with Crippen LogP contribution in [0.2, 0.25) is 0 Å². The zero-order valence-electron chi connectivity index (χ0n) is 11.0. The highest BCUT2D eigenvalue weighted by molar-refractivity contribution is 6.40. The van der Waals surface area contributed by atoms with Crippen molar-refractivity contribution in [3.63, 3.8) is 0 Å². The van der Waals surface area contributed by atoms with E-state index in [1.165, 1.54) is 6.92 Å². The van der Waals surface area contributed by atoms with E-state index in [0.29, 0.717) is 5.69 Å². The third-order valence-corrected chi connectivity index (χ3v) is 2.66. The van der Waals surface area contributed by atoms with Gasteiger partial charge in [-0.1, -0.05) is 6.07 Å². The van der Waals surface area contributed by atoms with Crippen LogP contribution in [-0.4, -0.2) is 34.6 Å². The molecule has 2 rings (SSSR count). The summed E-state index contributed by atoms with van der Waals surface area (Å²) in [4.78, 5) is 27.5. The van der Waals surface area contributed by atoms with Gasteiger partial charge in [-0.2, -0.15) is 0 Å². The first-order valence-corrected chi connectivity index (χ1v) is 6.19. The molecule has 1 aromatic heterocycles. The molecule has 0 saturated carbocycles. The Morgan fingerprint density at radius 1 is 1.25 bits per heavy atom. The number of benzene rings is 1. The largest absolute Gasteiger partial charge is 0.392 e. The monoisotopic (exact) mass is 273 g/mol. The molecule has 2 aromatic rings. The molecule has 0 aliphatic rings. The zero-order chi connectivity index (χ0) is 14.5. The maximum absolute atomic E-state index is 11.7. The summed E-state index contributed by atoms with van der Waals surface area (Å²) in [7, 11) is 0. The van der Waals surface area contributed by atoms with Crippen LogP contribution in [0.5, 0.6) is 0 Å². The SMILES string of the molecule is CC(O)CNC(=O)C(=O)Nc1cccc2ncccc12. The van der Waals surface area contributed by atoms with Gasteiger partial charge in [0.2, 0.25) is 0 Å². The number of carbonyl (C=O) groups is 2. The molecule has 104 valence electrons. The van der Waals surface area contributed by atoms with E-state index in [9.17, 15) is 9.59 Å². The Labute approximate surface area is 115 Å². The molecular weight excluding hydrogens is 258 g/mol. The molecule has 0 bridgehead atoms. The topological polar surface area (TPSA) is 91.3 Å². The highest BCUT2D eigenvalue weighted by Gasteiger charge is 2.15. The lowest BCUT2D eigenvalue weighted by Crippen LogP contribution is -2.38. The minimum atomic E-state index is -0.785. The number of aliphatic hydroxyl groups is 1. The Morgan fingerprint density at radius 3 is 2.80 bits per heavy atom. The van der Waals surface area contributed by atoms with Gasteiger partial charge in [-0.3, -0.25) is 14.6 Å². The van der Waals surface area contributed by atoms with Crippen molar-refractivity contribution in [2.24, 2.45) is 0 Å². The molecule has 0 aliphatic carbocycles. The van der Waals surface area contributed by atoms with E-state index in [1.54, 1.807) is 24.4 Å². The van der Waals surface area contributed by atoms with Gasteiger partial charge in [-0.15, -0.1) is 0 Å². The third-order valence-electron chi connectivity index (χ3n) is 2.66. The van der Waals surface area contributed by atoms with Crippen molar-refractivity contribution in [3.05, 3.63) is 36.5 Å². The molecule has 1 atom stereocenters. The maximum atomic E-state index is 11.7. The van der Waals surface area contributed by atoms with E-state index >= 15 is 0 Å². The van der Waals surface area contributed by atoms with Gasteiger partial charge in [0, 0.05) is 18.1 Å². The molecule has 1 aromatic carbocycles. The fraction of sp³-hybridized carbons (Fsp3) is 0.214. The Hall–Kier alpha value is -2.47. The van der Waals surface area contributed by atoms with Crippen molar-refractivity contribution in [2.45, 2.75) is 13.0 Å². The number of hydrogen-bond donors (Lipinski definition) is 3. The normalized spacial score (nSPS) is 11.9. The first-order chi connectivity index (χ1) is 9.58. The number of pyridine rings is 1. The van der Waals surface area contributed by atoms with Crippen molar-refractivity contribution in [2.75, 3.05) is 11.9 Å². The van der Waals surface area contributed by atoms with Crippen LogP contribution in [0.4, 0.5) is 5.69 Å². The van der Waals surface area contributed by atoms with Crippen molar-refractivity contribution < 1.29 is 14.7 Å². The molecule has 6 heteroatoms. The smallest absolute Gasteiger partial charge is 0.313 e. The van der Waals surface area contributed by atoms with Crippen LogP contribution in [-0.2, 0) is 9.59 Å². The number of aromatic nitrogens is 1. The lowest BCUT2D eigenvalue weighted by atomic mass is 10.2. The first kappa shape index (κ1) is 14.0. The predicted molar refractivity (Wildman–Crippen MR) is 75.1 cm³/mol. The van der Waals surface area contributed by atoms with Gasteiger partial charge in [0.05, 0.1) is 17.3 Å². The fourth-order valence-corrected chi connectivity index (χ4v) is 1.71. The van der Waals surface area contributed by atoms with Gasteiger partial charge in [-0.05, 0) is 31.2 Å². The van der Waals surface area contributed by atoms with E-state index in [0.717, 1.165) is 10.9 Å². The van der Waals surface area contributed by atoms with Crippen LogP contribution in [0, 0.1) is 0 Å². The highest BCUT2D eigenvalue weighted by atomic mass is 16.3. The van der Waals surface area contributed by atoms with Crippen LogP contribution >= 0.6 is 0 Å². The second kappa shape index (κ2) is 6.12. The van der Waals surface area contributed by atoms with E-state index in [2.05, 4.69) is 15.6 Å². The molecule has 0 spiro atoms. The summed E-state index contributed by atoms with van der Waals surface area (Å²) >= 11 is 0. The van der Waals surface area contributed by atoms with Crippen molar-refractivity contribution in [1.82, 2.24) is 10.3 Å². The predicted octanol–water partition coefficient (Wildman–Crippen LogP) is 0.670. The fourth-order valence-electron chi connectivity index (χ4n) is 1.71. The summed E-state index contributed by atoms with van der Waals surface area (Å²) in [6.45, 7) is 1.55. The number of hydrogen-bond acceptors (Lipinski definition) is 4. The lowest BCUT2D eigenvalue weighted by Gasteiger charge is -2.09. The van der Waals surface area contributed by atoms with Crippen molar-refractivity contribution in [1.29, 1.82) is 0 Å². The van der Waals surface area contributed by atoms with E-state index < -0.39 is 17.9 Å². The number of aliphatic hydroxyl groups excluding tert-OH is 1. The molecule has 1 heterocycles. The van der Waals surface area contributed by atoms with Crippen LogP contribution in [0.3, 0.4) is 0 Å². The van der Waals surface area contributed by atoms with Crippen LogP contribution in [0.1, 0.15) is 6.92 Å². The van der Waals surface area contributed by atoms with Crippen molar-refractivity contribution >= 4 is 28.4 Å². The number of carbonyl (C=O) groups excluding carboxylic acids is 2. The molecule has 0 radical (unpaired) electrons. The average molecular weight is 273 g/mol. The minimum Gasteiger partial charge on any atom is -0.392 e. The van der Waals surface area contributed by atoms with Gasteiger partial charge in [0.1, 0.15) is 0 Å². The molecule has 6 nitrogen and oxygen atoms in total. The molecule has 0 aliphatic heterocycles. The number of nitrogens with one attached hydrogen (secondary N) is 2. The van der Waals surface area contributed by atoms with Gasteiger partial charge >= 0.3 is 11.8 Å². The van der Waals surface area contributed by atoms with Crippen LogP contribution in [0.15, 0.2) is 36.5 Å². The average Bonchev–Trinajstić information content (AvgIpc) is 2.45. The Bertz CT molecular complexity index is 635. The standard InChI is InChI=1S/C14H15N3O3/c1-9(18)8-16-13(19)14(20)17-12-6-2-5-11-10(12)4-3-7-15-11/h2-7,9,18H,8H2,1H3,(H,16,19)(H,17,20). The summed E-state index contributed by atoms with van der Waals surface area (Å²) in [5, 5.41) is 14.7. The molecule has 3 N–H and O–H groups in total. The van der Waals surface area contributed by atoms with Gasteiger partial charge in [-0.25, -0.2) is 0 Å². The summed E-state index contributed by atoms with van der Waals surface area (Å²) < 4.78 is 0. The summed E-state index contributed by atoms with van der Waals surface area (Å²) in [6, 6.07) is 8.83. The summed E-state index contributed by atoms with van der Waals surface area (Å²) in [5.41, 5.74) is 1.25. The number of rotatable bonds is 3. The van der Waals surface area contributed by atoms with Gasteiger partial charge in [0.25, 0.3) is 0 Å². The molecule has 2 amide bonds. The molecule has 0 saturated heterocycles. The van der Waals surface area contributed by atoms with E-state index in [-0.39, 0.29) is 6.54 Å². The van der Waals surface area contributed by atoms with E-state index in [1.807, 2.05) is 12.1 Å². The lowest BCUT2D eigenvalue weighted by molar-refractivity contribution is -0.136. The number of amides is 2. The van der Waals surface area contributed by atoms with Crippen LogP contribution < -0.4 is 10.6 Å². The first-order valence-electron chi connectivity index (χ1n) is 6.19. The second-order valence-electron chi connectivity index (χ2n) is 4.39. The van der Waals surface area contributed by atoms with Crippen molar-refractivity contribution in [3.8, 4) is 0 Å². The number of anilines is 1. The Balaban J connectivity index is 2.12. The third kappa shape index (κ3) is 3.30. The Kier molecular flexibility index (Phi) is 4.27. The van der Waals surface area contributed by atoms with Crippen LogP contribution in [0.25, 0.3) is 10.9 Å².